The molecule has 2 aromatic rings. The smallest absolute Gasteiger partial charge is 0.161 e. The van der Waals surface area contributed by atoms with Crippen LogP contribution in [0.4, 0.5) is 0 Å². The highest BCUT2D eigenvalue weighted by Crippen LogP contribution is 2.30. The fraction of sp³-hybridized carbons (Fsp3) is 0.429. The summed E-state index contributed by atoms with van der Waals surface area (Å²) in [6, 6.07) is 17.7. The lowest BCUT2D eigenvalue weighted by Crippen LogP contribution is -2.38. The molecular formula is C21H27NO3. The van der Waals surface area contributed by atoms with E-state index >= 15 is 0 Å². The molecule has 134 valence electrons. The Bertz CT molecular complexity index is 639. The fourth-order valence-corrected chi connectivity index (χ4v) is 3.44. The number of ether oxygens (including phenoxy) is 2. The summed E-state index contributed by atoms with van der Waals surface area (Å²) in [5.41, 5.74) is 1.03. The number of benzene rings is 2. The Morgan fingerprint density at radius 3 is 2.32 bits per heavy atom. The zero-order valence-electron chi connectivity index (χ0n) is 14.8. The van der Waals surface area contributed by atoms with Gasteiger partial charge in [-0.05, 0) is 49.5 Å². The Morgan fingerprint density at radius 2 is 1.64 bits per heavy atom. The molecule has 3 rings (SSSR count). The highest BCUT2D eigenvalue weighted by atomic mass is 16.5. The minimum atomic E-state index is -0.354. The van der Waals surface area contributed by atoms with E-state index in [1.807, 2.05) is 54.6 Å². The monoisotopic (exact) mass is 341 g/mol. The second-order valence-electron chi connectivity index (χ2n) is 6.53. The molecule has 1 saturated heterocycles. The van der Waals surface area contributed by atoms with Crippen LogP contribution in [0, 0.1) is 5.92 Å². The quantitative estimate of drug-likeness (QED) is 0.837. The van der Waals surface area contributed by atoms with Gasteiger partial charge in [-0.2, -0.15) is 0 Å². The van der Waals surface area contributed by atoms with E-state index in [1.54, 1.807) is 7.11 Å². The largest absolute Gasteiger partial charge is 0.493 e. The Morgan fingerprint density at radius 1 is 1.00 bits per heavy atom. The second kappa shape index (κ2) is 8.88. The summed E-state index contributed by atoms with van der Waals surface area (Å²) in [7, 11) is 1.66. The summed E-state index contributed by atoms with van der Waals surface area (Å²) in [4.78, 5) is 2.41. The van der Waals surface area contributed by atoms with Crippen LogP contribution >= 0.6 is 0 Å². The molecule has 1 fully saturated rings. The molecule has 1 heterocycles. The van der Waals surface area contributed by atoms with E-state index in [0.29, 0.717) is 12.5 Å². The van der Waals surface area contributed by atoms with Crippen molar-refractivity contribution in [3.63, 3.8) is 0 Å². The van der Waals surface area contributed by atoms with Gasteiger partial charge in [-0.25, -0.2) is 0 Å². The average molecular weight is 341 g/mol. The van der Waals surface area contributed by atoms with Gasteiger partial charge >= 0.3 is 0 Å². The minimum Gasteiger partial charge on any atom is -0.493 e. The van der Waals surface area contributed by atoms with E-state index in [9.17, 15) is 5.11 Å². The molecule has 0 aromatic heterocycles. The molecule has 4 heteroatoms. The van der Waals surface area contributed by atoms with Gasteiger partial charge in [-0.1, -0.05) is 42.5 Å². The predicted octanol–water partition coefficient (Wildman–Crippen LogP) is 3.52. The number of piperidine rings is 1. The molecule has 2 aromatic carbocycles. The maximum Gasteiger partial charge on any atom is 0.161 e. The van der Waals surface area contributed by atoms with Crippen molar-refractivity contribution in [3.8, 4) is 11.5 Å². The van der Waals surface area contributed by atoms with E-state index < -0.39 is 0 Å². The third kappa shape index (κ3) is 4.74. The molecule has 0 saturated carbocycles. The summed E-state index contributed by atoms with van der Waals surface area (Å²) in [5, 5.41) is 10.6. The third-order valence-corrected chi connectivity index (χ3v) is 4.95. The molecule has 1 aliphatic heterocycles. The van der Waals surface area contributed by atoms with Crippen LogP contribution < -0.4 is 9.47 Å². The summed E-state index contributed by atoms with van der Waals surface area (Å²) in [6.07, 6.45) is 1.68. The Hall–Kier alpha value is -2.04. The third-order valence-electron chi connectivity index (χ3n) is 4.95. The molecular weight excluding hydrogens is 314 g/mol. The zero-order chi connectivity index (χ0) is 17.5. The van der Waals surface area contributed by atoms with Crippen molar-refractivity contribution >= 4 is 0 Å². The standard InChI is InChI=1S/C21H27NO3/c1-24-19-9-5-6-10-20(19)25-16-15-22-13-11-18(12-14-22)21(23)17-7-3-2-4-8-17/h2-10,18,21,23H,11-16H2,1H3. The number of aliphatic hydroxyl groups excluding tert-OH is 1. The van der Waals surface area contributed by atoms with Gasteiger partial charge in [0.1, 0.15) is 6.61 Å². The SMILES string of the molecule is COc1ccccc1OCCN1CCC(C(O)c2ccccc2)CC1. The highest BCUT2D eigenvalue weighted by Gasteiger charge is 2.26. The lowest BCUT2D eigenvalue weighted by Gasteiger charge is -2.34. The lowest BCUT2D eigenvalue weighted by molar-refractivity contribution is 0.0549. The first-order valence-corrected chi connectivity index (χ1v) is 8.99. The molecule has 0 aliphatic carbocycles. The van der Waals surface area contributed by atoms with Crippen LogP contribution in [-0.4, -0.2) is 43.4 Å². The van der Waals surface area contributed by atoms with Gasteiger partial charge < -0.3 is 14.6 Å². The van der Waals surface area contributed by atoms with Crippen LogP contribution in [0.2, 0.25) is 0 Å². The molecule has 0 radical (unpaired) electrons. The summed E-state index contributed by atoms with van der Waals surface area (Å²) < 4.78 is 11.2. The van der Waals surface area contributed by atoms with Gasteiger partial charge in [-0.15, -0.1) is 0 Å². The molecule has 1 aliphatic rings. The Kier molecular flexibility index (Phi) is 6.31. The van der Waals surface area contributed by atoms with Gasteiger partial charge in [0, 0.05) is 6.54 Å². The number of para-hydroxylation sites is 2. The minimum absolute atomic E-state index is 0.341. The highest BCUT2D eigenvalue weighted by molar-refractivity contribution is 5.39. The Balaban J connectivity index is 1.42. The number of likely N-dealkylation sites (tertiary alicyclic amines) is 1. The van der Waals surface area contributed by atoms with Gasteiger partial charge in [0.15, 0.2) is 11.5 Å². The van der Waals surface area contributed by atoms with Crippen LogP contribution in [0.15, 0.2) is 54.6 Å². The first-order valence-electron chi connectivity index (χ1n) is 8.99. The van der Waals surface area contributed by atoms with Crippen molar-refractivity contribution in [3.05, 3.63) is 60.2 Å². The summed E-state index contributed by atoms with van der Waals surface area (Å²) >= 11 is 0. The van der Waals surface area contributed by atoms with Crippen molar-refractivity contribution in [2.24, 2.45) is 5.92 Å². The molecule has 4 nitrogen and oxygen atoms in total. The van der Waals surface area contributed by atoms with Crippen LogP contribution in [0.1, 0.15) is 24.5 Å². The first-order chi connectivity index (χ1) is 12.3. The number of nitrogens with zero attached hydrogens (tertiary/aromatic N) is 1. The number of rotatable bonds is 7. The maximum absolute atomic E-state index is 10.6. The van der Waals surface area contributed by atoms with Gasteiger partial charge in [0.05, 0.1) is 13.2 Å². The van der Waals surface area contributed by atoms with Crippen molar-refractivity contribution < 1.29 is 14.6 Å². The fourth-order valence-electron chi connectivity index (χ4n) is 3.44. The molecule has 0 spiro atoms. The van der Waals surface area contributed by atoms with E-state index in [4.69, 9.17) is 9.47 Å². The van der Waals surface area contributed by atoms with E-state index in [1.165, 1.54) is 0 Å². The number of aliphatic hydroxyl groups is 1. The predicted molar refractivity (Wildman–Crippen MR) is 99.1 cm³/mol. The Labute approximate surface area is 150 Å². The number of hydrogen-bond acceptors (Lipinski definition) is 4. The molecule has 0 bridgehead atoms. The molecule has 1 atom stereocenters. The van der Waals surface area contributed by atoms with Gasteiger partial charge in [0.2, 0.25) is 0 Å². The van der Waals surface area contributed by atoms with Crippen LogP contribution in [0.25, 0.3) is 0 Å². The molecule has 1 unspecified atom stereocenters. The topological polar surface area (TPSA) is 41.9 Å². The first kappa shape index (κ1) is 17.8. The normalized spacial score (nSPS) is 17.2. The lowest BCUT2D eigenvalue weighted by atomic mass is 9.87. The summed E-state index contributed by atoms with van der Waals surface area (Å²) in [6.45, 7) is 3.55. The van der Waals surface area contributed by atoms with E-state index in [2.05, 4.69) is 4.90 Å². The van der Waals surface area contributed by atoms with Crippen molar-refractivity contribution in [1.29, 1.82) is 0 Å². The number of methoxy groups -OCH3 is 1. The van der Waals surface area contributed by atoms with Crippen molar-refractivity contribution in [2.45, 2.75) is 18.9 Å². The van der Waals surface area contributed by atoms with Gasteiger partial charge in [-0.3, -0.25) is 4.90 Å². The number of hydrogen-bond donors (Lipinski definition) is 1. The molecule has 1 N–H and O–H groups in total. The van der Waals surface area contributed by atoms with Crippen molar-refractivity contribution in [1.82, 2.24) is 4.90 Å². The zero-order valence-corrected chi connectivity index (χ0v) is 14.8. The van der Waals surface area contributed by atoms with E-state index in [0.717, 1.165) is 49.5 Å². The maximum atomic E-state index is 10.6. The average Bonchev–Trinajstić information content (AvgIpc) is 2.69. The molecule has 25 heavy (non-hydrogen) atoms. The van der Waals surface area contributed by atoms with Gasteiger partial charge in [0.25, 0.3) is 0 Å². The summed E-state index contributed by atoms with van der Waals surface area (Å²) in [5.74, 6) is 1.90. The van der Waals surface area contributed by atoms with E-state index in [-0.39, 0.29) is 6.10 Å². The van der Waals surface area contributed by atoms with Crippen LogP contribution in [-0.2, 0) is 0 Å². The molecule has 0 amide bonds. The van der Waals surface area contributed by atoms with Crippen molar-refractivity contribution in [2.75, 3.05) is 33.4 Å². The van der Waals surface area contributed by atoms with Crippen LogP contribution in [0.3, 0.4) is 0 Å². The van der Waals surface area contributed by atoms with Crippen LogP contribution in [0.5, 0.6) is 11.5 Å². The second-order valence-corrected chi connectivity index (χ2v) is 6.53.